The number of amides is 2. The number of pyridine rings is 2. The Labute approximate surface area is 378 Å². The van der Waals surface area contributed by atoms with Gasteiger partial charge in [-0.25, -0.2) is 4.98 Å². The number of hydrogen-bond donors (Lipinski definition) is 8. The number of aromatic nitrogens is 3. The van der Waals surface area contributed by atoms with E-state index >= 15 is 0 Å². The van der Waals surface area contributed by atoms with E-state index in [4.69, 9.17) is 15.2 Å². The molecule has 65 heavy (non-hydrogen) atoms. The van der Waals surface area contributed by atoms with Gasteiger partial charge in [0.25, 0.3) is 5.91 Å². The van der Waals surface area contributed by atoms with Crippen LogP contribution >= 0.6 is 0 Å². The maximum absolute atomic E-state index is 12.9. The maximum Gasteiger partial charge on any atom is 0.309 e. The molecule has 2 amide bonds. The monoisotopic (exact) mass is 888 g/mol. The highest BCUT2D eigenvalue weighted by Crippen LogP contribution is 2.50. The van der Waals surface area contributed by atoms with Crippen LogP contribution in [0.15, 0.2) is 60.9 Å². The summed E-state index contributed by atoms with van der Waals surface area (Å²) in [5, 5.41) is 41.3. The van der Waals surface area contributed by atoms with Crippen molar-refractivity contribution in [2.45, 2.75) is 76.5 Å². The van der Waals surface area contributed by atoms with Gasteiger partial charge in [0.2, 0.25) is 5.91 Å². The van der Waals surface area contributed by atoms with E-state index in [1.165, 1.54) is 12.7 Å². The maximum atomic E-state index is 12.9. The zero-order valence-corrected chi connectivity index (χ0v) is 37.2. The molecule has 1 saturated heterocycles. The molecule has 8 rings (SSSR count). The number of nitrogens with two attached hydrogens (primary N) is 1. The van der Waals surface area contributed by atoms with E-state index in [1.807, 2.05) is 31.2 Å². The molecule has 344 valence electrons. The van der Waals surface area contributed by atoms with Crippen molar-refractivity contribution in [3.63, 3.8) is 0 Å². The number of carboxylic acid groups (broad SMARTS) is 1. The number of aliphatic hydroxyl groups excluding tert-OH is 1. The largest absolute Gasteiger partial charge is 0.508 e. The van der Waals surface area contributed by atoms with Crippen molar-refractivity contribution in [3.8, 4) is 33.8 Å². The number of benzene rings is 2. The number of H-pyrrole nitrogens is 1. The van der Waals surface area contributed by atoms with Crippen LogP contribution in [0.1, 0.15) is 78.8 Å². The van der Waals surface area contributed by atoms with E-state index in [9.17, 15) is 29.7 Å². The third-order valence-electron chi connectivity index (χ3n) is 13.7. The van der Waals surface area contributed by atoms with Crippen LogP contribution in [-0.4, -0.2) is 112 Å². The lowest BCUT2D eigenvalue weighted by atomic mass is 9.64. The molecule has 3 aromatic heterocycles. The topological polar surface area (TPSA) is 237 Å². The normalized spacial score (nSPS) is 21.5. The van der Waals surface area contributed by atoms with Crippen molar-refractivity contribution < 1.29 is 39.2 Å². The number of aromatic hydroxyl groups is 1. The molecule has 5 aromatic rings. The molecule has 1 aliphatic carbocycles. The number of hydrogen-bond acceptors (Lipinski definition) is 12. The van der Waals surface area contributed by atoms with Crippen LogP contribution in [0.2, 0.25) is 0 Å². The zero-order chi connectivity index (χ0) is 45.8. The van der Waals surface area contributed by atoms with Crippen LogP contribution in [0.25, 0.3) is 33.2 Å². The molecule has 2 aliphatic heterocycles. The Kier molecular flexibility index (Phi) is 13.9. The number of aromatic amines is 1. The van der Waals surface area contributed by atoms with Crippen molar-refractivity contribution >= 4 is 40.2 Å². The molecule has 16 nitrogen and oxygen atoms in total. The van der Waals surface area contributed by atoms with Gasteiger partial charge in [-0.05, 0) is 104 Å². The quantitative estimate of drug-likeness (QED) is 0.0525. The van der Waals surface area contributed by atoms with Crippen LogP contribution in [0, 0.1) is 17.8 Å². The number of methoxy groups -OCH3 is 2. The van der Waals surface area contributed by atoms with E-state index in [2.05, 4.69) is 41.9 Å². The molecule has 2 fully saturated rings. The Morgan fingerprint density at radius 3 is 2.45 bits per heavy atom. The van der Waals surface area contributed by atoms with Crippen LogP contribution in [0.3, 0.4) is 0 Å². The molecular weight excluding hydrogens is 829 g/mol. The van der Waals surface area contributed by atoms with Gasteiger partial charge < -0.3 is 51.5 Å². The molecule has 1 saturated carbocycles. The smallest absolute Gasteiger partial charge is 0.309 e. The van der Waals surface area contributed by atoms with Gasteiger partial charge in [-0.15, -0.1) is 0 Å². The van der Waals surface area contributed by atoms with Gasteiger partial charge in [-0.3, -0.25) is 24.3 Å². The minimum Gasteiger partial charge on any atom is -0.508 e. The van der Waals surface area contributed by atoms with E-state index in [1.54, 1.807) is 37.7 Å². The predicted octanol–water partition coefficient (Wildman–Crippen LogP) is 5.68. The summed E-state index contributed by atoms with van der Waals surface area (Å²) in [6, 6.07) is 14.5. The van der Waals surface area contributed by atoms with Crippen molar-refractivity contribution in [1.29, 1.82) is 0 Å². The minimum absolute atomic E-state index is 0.0355. The molecule has 5 heterocycles. The lowest BCUT2D eigenvalue weighted by Crippen LogP contribution is -2.57. The van der Waals surface area contributed by atoms with Gasteiger partial charge in [-0.1, -0.05) is 25.1 Å². The second kappa shape index (κ2) is 19.9. The number of piperidine rings is 1. The van der Waals surface area contributed by atoms with Crippen LogP contribution in [0.4, 0.5) is 11.5 Å². The van der Waals surface area contributed by atoms with Gasteiger partial charge in [0, 0.05) is 86.4 Å². The first kappa shape index (κ1) is 45.3. The van der Waals surface area contributed by atoms with Crippen molar-refractivity contribution in [2.24, 2.45) is 17.8 Å². The number of unbranched alkanes of at least 4 members (excludes halogenated alkanes) is 1. The minimum atomic E-state index is -0.915. The molecule has 0 bridgehead atoms. The summed E-state index contributed by atoms with van der Waals surface area (Å²) in [7, 11) is 3.14. The van der Waals surface area contributed by atoms with Crippen molar-refractivity contribution in [2.75, 3.05) is 58.0 Å². The number of nitrogens with one attached hydrogen (secondary N) is 4. The average Bonchev–Trinajstić information content (AvgIpc) is 3.70. The molecule has 0 spiro atoms. The number of nitrogens with zero attached hydrogens (tertiary/aromatic N) is 3. The zero-order valence-electron chi connectivity index (χ0n) is 37.2. The highest BCUT2D eigenvalue weighted by Gasteiger charge is 2.52. The Morgan fingerprint density at radius 2 is 1.72 bits per heavy atom. The number of aliphatic hydroxyl groups is 1. The van der Waals surface area contributed by atoms with E-state index < -0.39 is 24.1 Å². The van der Waals surface area contributed by atoms with Crippen molar-refractivity contribution in [1.82, 2.24) is 30.5 Å². The van der Waals surface area contributed by atoms with Gasteiger partial charge in [-0.2, -0.15) is 0 Å². The third kappa shape index (κ3) is 9.33. The van der Waals surface area contributed by atoms with Crippen LogP contribution in [0.5, 0.6) is 11.5 Å². The number of phenolic OH excluding ortho intramolecular Hbond substituents is 1. The molecule has 0 radical (unpaired) electrons. The summed E-state index contributed by atoms with van der Waals surface area (Å²) < 4.78 is 11.3. The number of fused-ring (bicyclic) bond motifs is 6. The molecule has 2 aromatic carbocycles. The highest BCUT2D eigenvalue weighted by molar-refractivity contribution is 5.98. The van der Waals surface area contributed by atoms with E-state index in [0.29, 0.717) is 69.7 Å². The SMILES string of the molecule is CCc1c(-c2ccc(C(=O)NCCCNC(=O)CCCCNc3c(OC)ccc4c5c([nH]c34)[C@H]3C[C@H]4[C@H](C[C@@H](O)[C@H](OC)[C@H]4C(=O)O)CN3CC5)nc2)cnc(N)c1-c1ccc(O)cc1. The Bertz CT molecular complexity index is 2510. The van der Waals surface area contributed by atoms with E-state index in [0.717, 1.165) is 76.0 Å². The van der Waals surface area contributed by atoms with Crippen LogP contribution in [-0.2, 0) is 27.2 Å². The highest BCUT2D eigenvalue weighted by atomic mass is 16.5. The fourth-order valence-electron chi connectivity index (χ4n) is 10.6. The number of carbonyl (C=O) groups excluding carboxylic acids is 2. The average molecular weight is 889 g/mol. The first-order chi connectivity index (χ1) is 31.5. The molecule has 6 atom stereocenters. The van der Waals surface area contributed by atoms with Gasteiger partial charge in [0.1, 0.15) is 28.7 Å². The summed E-state index contributed by atoms with van der Waals surface area (Å²) in [6.07, 6.45) is 6.99. The molecular formula is C49H60N8O8. The number of aliphatic carboxylic acids is 1. The number of phenols is 1. The van der Waals surface area contributed by atoms with Gasteiger partial charge in [0.15, 0.2) is 0 Å². The summed E-state index contributed by atoms with van der Waals surface area (Å²) >= 11 is 0. The number of carboxylic acids is 1. The Balaban J connectivity index is 0.790. The fraction of sp³-hybridized carbons (Fsp3) is 0.449. The standard InChI is InChI=1S/C49H60N8O8/c1-4-31-35(25-55-47(50)41(31)27-9-12-30(58)13-10-27)28-11-15-36(54-24-28)48(61)53-20-7-19-51-40(60)8-5-6-18-52-45-39(64-2)16-14-32-33-17-21-57-26-29-22-38(59)46(65-3)42(49(62)63)34(29)23-37(57)43(33)56-44(32)45/h9-16,24-25,29,34,37-38,42,46,52,56,58-59H,4-8,17-23,26H2,1-3H3,(H2,50,55)(H,51,60)(H,53,61)(H,62,63)/t29-,34+,37-,38-,42+,46+/m1/s1. The second-order valence-electron chi connectivity index (χ2n) is 17.5. The van der Waals surface area contributed by atoms with Gasteiger partial charge in [0.05, 0.1) is 36.8 Å². The summed E-state index contributed by atoms with van der Waals surface area (Å²) in [6.45, 7) is 5.08. The third-order valence-corrected chi connectivity index (χ3v) is 13.7. The number of carbonyl (C=O) groups is 3. The van der Waals surface area contributed by atoms with E-state index in [-0.39, 0.29) is 41.1 Å². The first-order valence-electron chi connectivity index (χ1n) is 22.7. The van der Waals surface area contributed by atoms with Gasteiger partial charge >= 0.3 is 5.97 Å². The second-order valence-corrected chi connectivity index (χ2v) is 17.5. The van der Waals surface area contributed by atoms with Crippen molar-refractivity contribution in [3.05, 3.63) is 83.4 Å². The predicted molar refractivity (Wildman–Crippen MR) is 248 cm³/mol. The molecule has 3 aliphatic rings. The summed E-state index contributed by atoms with van der Waals surface area (Å²) in [5.74, 6) is -0.772. The van der Waals surface area contributed by atoms with Crippen LogP contribution < -0.4 is 26.4 Å². The first-order valence-corrected chi connectivity index (χ1v) is 22.7. The number of anilines is 2. The number of ether oxygens (including phenoxy) is 2. The molecule has 16 heteroatoms. The Morgan fingerprint density at radius 1 is 0.938 bits per heavy atom. The number of rotatable bonds is 17. The summed E-state index contributed by atoms with van der Waals surface area (Å²) in [5.41, 5.74) is 15.1. The summed E-state index contributed by atoms with van der Waals surface area (Å²) in [4.78, 5) is 53.2. The number of nitrogen functional groups attached to an aromatic ring is 1. The lowest BCUT2D eigenvalue weighted by Gasteiger charge is -2.52. The molecule has 9 N–H and O–H groups in total. The fourth-order valence-corrected chi connectivity index (χ4v) is 10.6. The lowest BCUT2D eigenvalue weighted by molar-refractivity contribution is -0.172. The Hall–Kier alpha value is -6.23. The molecule has 0 unspecified atom stereocenters.